The lowest BCUT2D eigenvalue weighted by atomic mass is 9.89. The van der Waals surface area contributed by atoms with Crippen LogP contribution in [0.1, 0.15) is 51.5 Å². The van der Waals surface area contributed by atoms with E-state index in [0.29, 0.717) is 30.6 Å². The fraction of sp³-hybridized carbons (Fsp3) is 0.550. The molecule has 0 unspecified atom stereocenters. The van der Waals surface area contributed by atoms with Crippen molar-refractivity contribution in [3.63, 3.8) is 0 Å². The van der Waals surface area contributed by atoms with E-state index in [9.17, 15) is 23.1 Å². The van der Waals surface area contributed by atoms with Crippen molar-refractivity contribution in [1.82, 2.24) is 4.72 Å². The summed E-state index contributed by atoms with van der Waals surface area (Å²) in [7, 11) is -3.72. The summed E-state index contributed by atoms with van der Waals surface area (Å²) < 4.78 is 32.6. The first-order valence-corrected chi connectivity index (χ1v) is 11.8. The van der Waals surface area contributed by atoms with Gasteiger partial charge in [0.1, 0.15) is 11.3 Å². The van der Waals surface area contributed by atoms with Gasteiger partial charge in [-0.1, -0.05) is 32.4 Å². The van der Waals surface area contributed by atoms with Crippen molar-refractivity contribution in [2.24, 2.45) is 16.5 Å². The molecule has 1 atom stereocenters. The molecule has 0 saturated heterocycles. The van der Waals surface area contributed by atoms with Gasteiger partial charge in [-0.2, -0.15) is 9.71 Å². The van der Waals surface area contributed by atoms with Crippen LogP contribution in [0.4, 0.5) is 0 Å². The number of sulfonamides is 1. The number of nitrogens with two attached hydrogens (primary N) is 2. The number of hydrogen-bond donors (Lipinski definition) is 4. The predicted octanol–water partition coefficient (Wildman–Crippen LogP) is 1.14. The average molecular weight is 457 g/mol. The minimum Gasteiger partial charge on any atom is -0.494 e. The van der Waals surface area contributed by atoms with Gasteiger partial charge in [0.05, 0.1) is 12.4 Å². The molecule has 0 spiro atoms. The number of hydrogen-bond acceptors (Lipinski definition) is 5. The minimum atomic E-state index is -3.72. The number of rotatable bonds is 14. The number of ether oxygens (including phenoxy) is 1. The Balaban J connectivity index is 2.75. The van der Waals surface area contributed by atoms with Gasteiger partial charge in [-0.25, -0.2) is 8.42 Å². The van der Waals surface area contributed by atoms with E-state index >= 15 is 0 Å². The van der Waals surface area contributed by atoms with Crippen LogP contribution in [0.15, 0.2) is 29.3 Å². The Morgan fingerprint density at radius 2 is 1.81 bits per heavy atom. The molecule has 1 rings (SSSR count). The van der Waals surface area contributed by atoms with Gasteiger partial charge in [-0.3, -0.25) is 9.59 Å². The Labute approximate surface area is 183 Å². The monoisotopic (exact) mass is 456 g/mol. The number of carbonyl (C=O) groups excluding carboxylic acids is 1. The van der Waals surface area contributed by atoms with Gasteiger partial charge in [0, 0.05) is 12.8 Å². The Hall–Kier alpha value is -2.66. The molecule has 0 aromatic heterocycles. The zero-order valence-corrected chi connectivity index (χ0v) is 18.8. The van der Waals surface area contributed by atoms with Crippen LogP contribution in [0.2, 0.25) is 0 Å². The van der Waals surface area contributed by atoms with E-state index in [1.54, 1.807) is 31.2 Å². The fourth-order valence-electron chi connectivity index (χ4n) is 2.85. The maximum atomic E-state index is 12.3. The predicted molar refractivity (Wildman–Crippen MR) is 118 cm³/mol. The topological polar surface area (TPSA) is 174 Å². The number of aliphatic imine (C=N–C) groups is 1. The van der Waals surface area contributed by atoms with E-state index in [1.165, 1.54) is 0 Å². The largest absolute Gasteiger partial charge is 0.494 e. The van der Waals surface area contributed by atoms with Crippen LogP contribution in [0.5, 0.6) is 5.75 Å². The number of carboxylic acid groups (broad SMARTS) is 1. The normalized spacial score (nSPS) is 13.2. The number of unbranched alkanes of at least 4 members (excludes halogenated alkanes) is 1. The molecule has 10 nitrogen and oxygen atoms in total. The van der Waals surface area contributed by atoms with Gasteiger partial charge >= 0.3 is 5.97 Å². The molecule has 0 fully saturated rings. The molecule has 0 radical (unpaired) electrons. The van der Waals surface area contributed by atoms with Crippen molar-refractivity contribution in [2.45, 2.75) is 57.9 Å². The van der Waals surface area contributed by atoms with Crippen molar-refractivity contribution in [3.8, 4) is 5.75 Å². The molecule has 0 heterocycles. The summed E-state index contributed by atoms with van der Waals surface area (Å²) in [5, 5.41) is 9.77. The minimum absolute atomic E-state index is 0.00249. The van der Waals surface area contributed by atoms with E-state index < -0.39 is 27.4 Å². The van der Waals surface area contributed by atoms with Gasteiger partial charge in [0.2, 0.25) is 15.9 Å². The van der Waals surface area contributed by atoms with Crippen LogP contribution in [0.3, 0.4) is 0 Å². The highest BCUT2D eigenvalue weighted by atomic mass is 32.2. The molecule has 0 aliphatic heterocycles. The molecule has 1 aromatic carbocycles. The smallest absolute Gasteiger partial charge is 0.325 e. The van der Waals surface area contributed by atoms with Gasteiger partial charge in [0.15, 0.2) is 5.96 Å². The molecule has 11 heteroatoms. The molecule has 174 valence electrons. The third-order valence-electron chi connectivity index (χ3n) is 4.62. The first-order valence-electron chi connectivity index (χ1n) is 10.1. The van der Waals surface area contributed by atoms with Crippen molar-refractivity contribution in [3.05, 3.63) is 29.8 Å². The zero-order valence-electron chi connectivity index (χ0n) is 18.0. The molecule has 0 aliphatic rings. The van der Waals surface area contributed by atoms with Gasteiger partial charge in [0.25, 0.3) is 0 Å². The number of carboxylic acids is 1. The SMILES string of the molecule is CCCCS(=O)(=O)N[C@@](CC)(Cc1ccc(OCCCC(=O)N=C(N)N)cc1)C(=O)O. The molecule has 31 heavy (non-hydrogen) atoms. The highest BCUT2D eigenvalue weighted by molar-refractivity contribution is 7.89. The first-order chi connectivity index (χ1) is 14.5. The van der Waals surface area contributed by atoms with Crippen LogP contribution in [0.25, 0.3) is 0 Å². The Morgan fingerprint density at radius 3 is 2.32 bits per heavy atom. The van der Waals surface area contributed by atoms with Crippen LogP contribution >= 0.6 is 0 Å². The molecule has 1 amide bonds. The van der Waals surface area contributed by atoms with E-state index in [1.807, 2.05) is 6.92 Å². The summed E-state index contributed by atoms with van der Waals surface area (Å²) in [5.74, 6) is -1.50. The van der Waals surface area contributed by atoms with Crippen LogP contribution < -0.4 is 20.9 Å². The average Bonchev–Trinajstić information content (AvgIpc) is 2.69. The number of amides is 1. The quantitative estimate of drug-likeness (QED) is 0.183. The summed E-state index contributed by atoms with van der Waals surface area (Å²) in [4.78, 5) is 26.8. The third-order valence-corrected chi connectivity index (χ3v) is 6.15. The van der Waals surface area contributed by atoms with Crippen molar-refractivity contribution in [2.75, 3.05) is 12.4 Å². The van der Waals surface area contributed by atoms with Gasteiger partial charge in [-0.05, 0) is 37.0 Å². The second-order valence-electron chi connectivity index (χ2n) is 7.22. The van der Waals surface area contributed by atoms with Crippen molar-refractivity contribution >= 4 is 27.9 Å². The van der Waals surface area contributed by atoms with Gasteiger partial charge in [-0.15, -0.1) is 0 Å². The van der Waals surface area contributed by atoms with Crippen molar-refractivity contribution in [1.29, 1.82) is 0 Å². The standard InChI is InChI=1S/C20H32N4O6S/c1-3-5-13-31(28,29)24-20(4-2,18(26)27)14-15-8-10-16(11-9-15)30-12-6-7-17(25)23-19(21)22/h8-11,24H,3-7,12-14H2,1-2H3,(H,26,27)(H4,21,22,23,25)/t20-/m0/s1. The number of guanidine groups is 1. The molecule has 6 N–H and O–H groups in total. The maximum Gasteiger partial charge on any atom is 0.325 e. The van der Waals surface area contributed by atoms with E-state index in [2.05, 4.69) is 9.71 Å². The number of benzene rings is 1. The number of carbonyl (C=O) groups is 2. The summed E-state index contributed by atoms with van der Waals surface area (Å²) in [6.07, 6.45) is 1.81. The first kappa shape index (κ1) is 26.4. The summed E-state index contributed by atoms with van der Waals surface area (Å²) >= 11 is 0. The summed E-state index contributed by atoms with van der Waals surface area (Å²) in [6, 6.07) is 6.71. The summed E-state index contributed by atoms with van der Waals surface area (Å²) in [5.41, 5.74) is 9.29. The molecular weight excluding hydrogens is 424 g/mol. The van der Waals surface area contributed by atoms with E-state index in [4.69, 9.17) is 16.2 Å². The molecule has 0 saturated carbocycles. The lowest BCUT2D eigenvalue weighted by molar-refractivity contribution is -0.144. The zero-order chi connectivity index (χ0) is 23.5. The van der Waals surface area contributed by atoms with Crippen LogP contribution in [-0.2, 0) is 26.0 Å². The van der Waals surface area contributed by atoms with E-state index in [0.717, 1.165) is 0 Å². The van der Waals surface area contributed by atoms with Crippen LogP contribution in [-0.4, -0.2) is 49.3 Å². The molecular formula is C20H32N4O6S. The lowest BCUT2D eigenvalue weighted by Crippen LogP contribution is -2.56. The highest BCUT2D eigenvalue weighted by Gasteiger charge is 2.40. The number of nitrogens with one attached hydrogen (secondary N) is 1. The highest BCUT2D eigenvalue weighted by Crippen LogP contribution is 2.22. The Kier molecular flexibility index (Phi) is 10.4. The van der Waals surface area contributed by atoms with Gasteiger partial charge < -0.3 is 21.3 Å². The third kappa shape index (κ3) is 9.35. The Morgan fingerprint density at radius 1 is 1.16 bits per heavy atom. The maximum absolute atomic E-state index is 12.3. The van der Waals surface area contributed by atoms with E-state index in [-0.39, 0.29) is 37.6 Å². The van der Waals surface area contributed by atoms with Crippen molar-refractivity contribution < 1.29 is 27.9 Å². The number of aliphatic carboxylic acids is 1. The molecule has 0 bridgehead atoms. The summed E-state index contributed by atoms with van der Waals surface area (Å²) in [6.45, 7) is 3.78. The van der Waals surface area contributed by atoms with Crippen LogP contribution in [0, 0.1) is 0 Å². The molecule has 1 aromatic rings. The fourth-order valence-corrected chi connectivity index (χ4v) is 4.52. The second kappa shape index (κ2) is 12.3. The second-order valence-corrected chi connectivity index (χ2v) is 9.06. The number of nitrogens with zero attached hydrogens (tertiary/aromatic N) is 1. The molecule has 0 aliphatic carbocycles. The lowest BCUT2D eigenvalue weighted by Gasteiger charge is -2.29. The Bertz CT molecular complexity index is 866.